The molecule has 0 aromatic heterocycles. The van der Waals surface area contributed by atoms with E-state index in [0.717, 1.165) is 0 Å². The second kappa shape index (κ2) is 14.8. The zero-order valence-electron chi connectivity index (χ0n) is 25.1. The van der Waals surface area contributed by atoms with E-state index < -0.39 is 52.6 Å². The molecule has 0 unspecified atom stereocenters. The van der Waals surface area contributed by atoms with Crippen molar-refractivity contribution in [3.63, 3.8) is 0 Å². The van der Waals surface area contributed by atoms with Crippen LogP contribution in [0.15, 0.2) is 24.3 Å². The fourth-order valence-corrected chi connectivity index (χ4v) is 4.90. The summed E-state index contributed by atoms with van der Waals surface area (Å²) in [6.45, 7) is 20.4. The topological polar surface area (TPSA) is 129 Å². The average molecular weight is 573 g/mol. The molecule has 0 saturated heterocycles. The molecule has 0 aliphatic heterocycles. The molecule has 0 heterocycles. The first-order valence-electron chi connectivity index (χ1n) is 12.6. The minimum atomic E-state index is -2.37. The van der Waals surface area contributed by atoms with Gasteiger partial charge in [-0.25, -0.2) is 0 Å². The molecule has 2 atom stereocenters. The molecule has 0 aromatic rings. The Morgan fingerprint density at radius 3 is 1.18 bits per heavy atom. The molecule has 0 fully saturated rings. The third-order valence-corrected chi connectivity index (χ3v) is 15.9. The fourth-order valence-electron chi connectivity index (χ4n) is 2.41. The molecule has 0 spiro atoms. The van der Waals surface area contributed by atoms with Crippen molar-refractivity contribution >= 4 is 40.4 Å². The molecule has 2 amide bonds. The van der Waals surface area contributed by atoms with Crippen LogP contribution in [0.1, 0.15) is 41.5 Å². The van der Waals surface area contributed by atoms with E-state index in [1.165, 1.54) is 26.4 Å². The molecule has 0 aliphatic carbocycles. The van der Waals surface area contributed by atoms with E-state index in [2.05, 4.69) is 87.8 Å². The minimum Gasteiger partial charge on any atom is -0.468 e. The van der Waals surface area contributed by atoms with Crippen LogP contribution in [0.2, 0.25) is 36.3 Å². The lowest BCUT2D eigenvalue weighted by Crippen LogP contribution is -2.51. The zero-order chi connectivity index (χ0) is 29.9. The summed E-state index contributed by atoms with van der Waals surface area (Å²) in [6.07, 6.45) is 4.38. The Balaban J connectivity index is 6.36. The van der Waals surface area contributed by atoms with Gasteiger partial charge in [-0.15, -0.1) is 0 Å². The van der Waals surface area contributed by atoms with Crippen molar-refractivity contribution in [2.24, 2.45) is 0 Å². The highest BCUT2D eigenvalue weighted by atomic mass is 28.4. The predicted molar refractivity (Wildman–Crippen MR) is 152 cm³/mol. The largest absolute Gasteiger partial charge is 0.468 e. The molecule has 0 rings (SSSR count). The van der Waals surface area contributed by atoms with Crippen molar-refractivity contribution in [1.29, 1.82) is 0 Å². The highest BCUT2D eigenvalue weighted by Gasteiger charge is 2.43. The highest BCUT2D eigenvalue weighted by Crippen LogP contribution is 2.40. The third-order valence-electron chi connectivity index (χ3n) is 6.94. The van der Waals surface area contributed by atoms with Gasteiger partial charge in [0.25, 0.3) is 0 Å². The van der Waals surface area contributed by atoms with E-state index in [0.29, 0.717) is 0 Å². The summed E-state index contributed by atoms with van der Waals surface area (Å²) in [4.78, 5) is 47.7. The van der Waals surface area contributed by atoms with Crippen molar-refractivity contribution in [2.45, 2.75) is 90.0 Å². The van der Waals surface area contributed by atoms with Crippen LogP contribution in [0.3, 0.4) is 0 Å². The van der Waals surface area contributed by atoms with Crippen molar-refractivity contribution in [2.75, 3.05) is 27.3 Å². The molecular weight excluding hydrogens is 524 g/mol. The molecule has 0 radical (unpaired) electrons. The van der Waals surface area contributed by atoms with Gasteiger partial charge in [0, 0.05) is 12.2 Å². The van der Waals surface area contributed by atoms with Crippen LogP contribution >= 0.6 is 0 Å². The van der Waals surface area contributed by atoms with Crippen LogP contribution in [0.4, 0.5) is 0 Å². The molecule has 0 bridgehead atoms. The third kappa shape index (κ3) is 12.5. The normalized spacial score (nSPS) is 14.7. The lowest BCUT2D eigenvalue weighted by Gasteiger charge is -2.43. The summed E-state index contributed by atoms with van der Waals surface area (Å²) in [5.74, 6) is -2.13. The molecule has 38 heavy (non-hydrogen) atoms. The maximum absolute atomic E-state index is 12.4. The van der Waals surface area contributed by atoms with Gasteiger partial charge in [-0.3, -0.25) is 19.2 Å². The number of hydrogen-bond donors (Lipinski definition) is 2. The quantitative estimate of drug-likeness (QED) is 0.195. The van der Waals surface area contributed by atoms with Crippen molar-refractivity contribution in [3.05, 3.63) is 24.3 Å². The Bertz CT molecular complexity index is 815. The van der Waals surface area contributed by atoms with Crippen LogP contribution in [0, 0.1) is 0 Å². The fraction of sp³-hybridized carbons (Fsp3) is 0.692. The van der Waals surface area contributed by atoms with Crippen molar-refractivity contribution in [1.82, 2.24) is 10.6 Å². The summed E-state index contributed by atoms with van der Waals surface area (Å²) in [5.41, 5.74) is 0. The Hall–Kier alpha value is -2.29. The Morgan fingerprint density at radius 1 is 0.658 bits per heavy atom. The van der Waals surface area contributed by atoms with Gasteiger partial charge in [-0.2, -0.15) is 0 Å². The summed E-state index contributed by atoms with van der Waals surface area (Å²) in [5, 5.41) is 4.66. The monoisotopic (exact) mass is 572 g/mol. The first-order chi connectivity index (χ1) is 17.2. The molecule has 2 N–H and O–H groups in total. The minimum absolute atomic E-state index is 0.143. The average Bonchev–Trinajstić information content (AvgIpc) is 2.79. The number of carbonyl (C=O) groups excluding carboxylic acids is 4. The second-order valence-corrected chi connectivity index (χ2v) is 21.5. The van der Waals surface area contributed by atoms with Gasteiger partial charge in [0.15, 0.2) is 16.6 Å². The smallest absolute Gasteiger partial charge is 0.325 e. The molecule has 12 heteroatoms. The molecular formula is C26H48N2O8Si2. The maximum atomic E-state index is 12.4. The first-order valence-corrected chi connectivity index (χ1v) is 18.4. The molecule has 0 aliphatic rings. The molecule has 10 nitrogen and oxygen atoms in total. The summed E-state index contributed by atoms with van der Waals surface area (Å²) in [7, 11) is -2.27. The highest BCUT2D eigenvalue weighted by molar-refractivity contribution is 6.74. The summed E-state index contributed by atoms with van der Waals surface area (Å²) in [6, 6.07) is 0. The number of hydrogen-bond acceptors (Lipinski definition) is 8. The number of esters is 2. The Kier molecular flexibility index (Phi) is 13.9. The summed E-state index contributed by atoms with van der Waals surface area (Å²) >= 11 is 0. The van der Waals surface area contributed by atoms with E-state index in [-0.39, 0.29) is 23.2 Å². The van der Waals surface area contributed by atoms with Gasteiger partial charge >= 0.3 is 11.9 Å². The van der Waals surface area contributed by atoms with E-state index >= 15 is 0 Å². The van der Waals surface area contributed by atoms with Crippen LogP contribution < -0.4 is 10.6 Å². The number of carbonyl (C=O) groups is 4. The standard InChI is InChI=1S/C26H48N2O8Si2/c1-25(2,3)37(9,10)35-19(13-15-21(29)27-17-23(31)33-7)20(36-38(11,12)26(4,5)6)14-16-22(30)28-18-24(32)34-8/h13-16,19-20H,17-18H2,1-12H3,(H,27,29)(H,28,30)/b15-13+,16-14+/t19-,20-/m0/s1. The maximum Gasteiger partial charge on any atom is 0.325 e. The number of ether oxygens (including phenoxy) is 2. The van der Waals surface area contributed by atoms with Crippen LogP contribution in [0.5, 0.6) is 0 Å². The van der Waals surface area contributed by atoms with Crippen molar-refractivity contribution in [3.8, 4) is 0 Å². The Labute approximate surface area is 230 Å². The van der Waals surface area contributed by atoms with Crippen LogP contribution in [0.25, 0.3) is 0 Å². The van der Waals surface area contributed by atoms with E-state index in [4.69, 9.17) is 8.85 Å². The van der Waals surface area contributed by atoms with Gasteiger partial charge in [-0.05, 0) is 48.4 Å². The van der Waals surface area contributed by atoms with Crippen molar-refractivity contribution < 1.29 is 37.5 Å². The SMILES string of the molecule is COC(=O)CNC(=O)/C=C/[C@H](O[Si](C)(C)C(C)(C)C)[C@H](/C=C/C(=O)NCC(=O)OC)O[Si](C)(C)C(C)(C)C. The van der Waals surface area contributed by atoms with Gasteiger partial charge < -0.3 is 29.0 Å². The van der Waals surface area contributed by atoms with Gasteiger partial charge in [0.2, 0.25) is 11.8 Å². The van der Waals surface area contributed by atoms with Gasteiger partial charge in [-0.1, -0.05) is 41.5 Å². The molecule has 218 valence electrons. The van der Waals surface area contributed by atoms with E-state index in [9.17, 15) is 19.2 Å². The number of rotatable bonds is 13. The lowest BCUT2D eigenvalue weighted by molar-refractivity contribution is -0.141. The number of methoxy groups -OCH3 is 2. The molecule has 0 saturated carbocycles. The van der Waals surface area contributed by atoms with Crippen LogP contribution in [-0.2, 0) is 37.5 Å². The Morgan fingerprint density at radius 2 is 0.947 bits per heavy atom. The predicted octanol–water partition coefficient (Wildman–Crippen LogP) is 3.46. The molecule has 0 aromatic carbocycles. The summed E-state index contributed by atoms with van der Waals surface area (Å²) < 4.78 is 22.5. The second-order valence-electron chi connectivity index (χ2n) is 12.0. The van der Waals surface area contributed by atoms with E-state index in [1.807, 2.05) is 0 Å². The van der Waals surface area contributed by atoms with Gasteiger partial charge in [0.1, 0.15) is 13.1 Å². The van der Waals surface area contributed by atoms with E-state index in [1.54, 1.807) is 12.2 Å². The zero-order valence-corrected chi connectivity index (χ0v) is 27.1. The first kappa shape index (κ1) is 35.7. The number of amides is 2. The lowest BCUT2D eigenvalue weighted by atomic mass is 10.1. The number of nitrogens with one attached hydrogen (secondary N) is 2. The van der Waals surface area contributed by atoms with Gasteiger partial charge in [0.05, 0.1) is 26.4 Å². The van der Waals surface area contributed by atoms with Crippen LogP contribution in [-0.4, -0.2) is 79.9 Å².